The van der Waals surface area contributed by atoms with Crippen LogP contribution in [0.15, 0.2) is 18.3 Å². The lowest BCUT2D eigenvalue weighted by Gasteiger charge is -2.12. The van der Waals surface area contributed by atoms with Gasteiger partial charge in [-0.2, -0.15) is 0 Å². The molecular weight excluding hydrogens is 242 g/mol. The van der Waals surface area contributed by atoms with Gasteiger partial charge in [-0.05, 0) is 24.6 Å². The van der Waals surface area contributed by atoms with Crippen LogP contribution in [-0.2, 0) is 6.42 Å². The van der Waals surface area contributed by atoms with Gasteiger partial charge >= 0.3 is 0 Å². The van der Waals surface area contributed by atoms with Crippen LogP contribution < -0.4 is 14.8 Å². The lowest BCUT2D eigenvalue weighted by atomic mass is 10.1. The number of nitrogens with one attached hydrogen (secondary N) is 2. The van der Waals surface area contributed by atoms with Gasteiger partial charge in [0.05, 0.1) is 20.4 Å². The van der Waals surface area contributed by atoms with Crippen molar-refractivity contribution in [2.24, 2.45) is 0 Å². The molecule has 0 bridgehead atoms. The van der Waals surface area contributed by atoms with Crippen LogP contribution in [0, 0.1) is 6.92 Å². The fraction of sp³-hybridized carbons (Fsp3) is 0.357. The summed E-state index contributed by atoms with van der Waals surface area (Å²) >= 11 is 0. The van der Waals surface area contributed by atoms with E-state index in [-0.39, 0.29) is 0 Å². The molecule has 0 amide bonds. The third-order valence-electron chi connectivity index (χ3n) is 3.04. The number of imidazole rings is 1. The Balaban J connectivity index is 2.32. The number of anilines is 1. The molecule has 0 atom stereocenters. The molecule has 0 saturated heterocycles. The van der Waals surface area contributed by atoms with Crippen LogP contribution in [0.4, 0.5) is 5.95 Å². The molecule has 0 radical (unpaired) electrons. The zero-order chi connectivity index (χ0) is 13.8. The van der Waals surface area contributed by atoms with Gasteiger partial charge in [0.2, 0.25) is 0 Å². The number of nitrogens with zero attached hydrogens (tertiary/aromatic N) is 1. The molecule has 19 heavy (non-hydrogen) atoms. The average Bonchev–Trinajstić information content (AvgIpc) is 2.88. The number of hydrogen-bond donors (Lipinski definition) is 2. The second kappa shape index (κ2) is 5.65. The summed E-state index contributed by atoms with van der Waals surface area (Å²) in [5.74, 6) is 2.48. The van der Waals surface area contributed by atoms with E-state index < -0.39 is 0 Å². The van der Waals surface area contributed by atoms with Crippen molar-refractivity contribution in [2.45, 2.75) is 13.3 Å². The molecule has 0 fully saturated rings. The Morgan fingerprint density at radius 2 is 1.95 bits per heavy atom. The number of H-pyrrole nitrogens is 1. The monoisotopic (exact) mass is 261 g/mol. The summed E-state index contributed by atoms with van der Waals surface area (Å²) in [6, 6.07) is 4.00. The van der Waals surface area contributed by atoms with Gasteiger partial charge in [0, 0.05) is 24.7 Å². The number of methoxy groups -OCH3 is 2. The second-order valence-electron chi connectivity index (χ2n) is 4.32. The lowest BCUT2D eigenvalue weighted by molar-refractivity contribution is 0.397. The largest absolute Gasteiger partial charge is 0.496 e. The van der Waals surface area contributed by atoms with Gasteiger partial charge < -0.3 is 19.8 Å². The van der Waals surface area contributed by atoms with Crippen LogP contribution >= 0.6 is 0 Å². The van der Waals surface area contributed by atoms with Gasteiger partial charge in [0.1, 0.15) is 11.5 Å². The van der Waals surface area contributed by atoms with E-state index in [2.05, 4.69) is 15.3 Å². The van der Waals surface area contributed by atoms with Crippen LogP contribution in [-0.4, -0.2) is 31.2 Å². The Hall–Kier alpha value is -2.17. The number of aromatic amines is 1. The van der Waals surface area contributed by atoms with Crippen molar-refractivity contribution >= 4 is 5.95 Å². The van der Waals surface area contributed by atoms with E-state index >= 15 is 0 Å². The molecule has 0 aliphatic carbocycles. The fourth-order valence-corrected chi connectivity index (χ4v) is 2.03. The van der Waals surface area contributed by atoms with Gasteiger partial charge in [-0.1, -0.05) is 0 Å². The molecular formula is C14H19N3O2. The van der Waals surface area contributed by atoms with Crippen molar-refractivity contribution in [3.63, 3.8) is 0 Å². The molecule has 1 aromatic carbocycles. The van der Waals surface area contributed by atoms with Crippen molar-refractivity contribution in [3.05, 3.63) is 35.2 Å². The van der Waals surface area contributed by atoms with Gasteiger partial charge in [0.25, 0.3) is 0 Å². The molecule has 0 spiro atoms. The highest BCUT2D eigenvalue weighted by atomic mass is 16.5. The molecule has 5 nitrogen and oxygen atoms in total. The van der Waals surface area contributed by atoms with Crippen molar-refractivity contribution in [1.29, 1.82) is 0 Å². The summed E-state index contributed by atoms with van der Waals surface area (Å²) in [5.41, 5.74) is 3.15. The maximum atomic E-state index is 5.43. The summed E-state index contributed by atoms with van der Waals surface area (Å²) in [5, 5.41) is 2.97. The number of aromatic nitrogens is 2. The first kappa shape index (κ1) is 13.3. The molecule has 0 aliphatic rings. The van der Waals surface area contributed by atoms with Crippen LogP contribution in [0.1, 0.15) is 16.8 Å². The minimum atomic E-state index is 0.717. The smallest absolute Gasteiger partial charge is 0.200 e. The highest BCUT2D eigenvalue weighted by molar-refractivity contribution is 5.47. The summed E-state index contributed by atoms with van der Waals surface area (Å²) in [7, 11) is 5.18. The molecule has 0 unspecified atom stereocenters. The SMILES string of the molecule is CNc1ncc(Cc2cc(OC)c(C)cc2OC)[nH]1. The van der Waals surface area contributed by atoms with E-state index in [0.29, 0.717) is 6.42 Å². The van der Waals surface area contributed by atoms with Gasteiger partial charge in [-0.15, -0.1) is 0 Å². The van der Waals surface area contributed by atoms with Crippen LogP contribution in [0.5, 0.6) is 11.5 Å². The molecule has 102 valence electrons. The van der Waals surface area contributed by atoms with Gasteiger partial charge in [0.15, 0.2) is 5.95 Å². The molecule has 1 aromatic heterocycles. The van der Waals surface area contributed by atoms with E-state index in [1.807, 2.05) is 32.3 Å². The topological polar surface area (TPSA) is 59.2 Å². The number of hydrogen-bond acceptors (Lipinski definition) is 4. The minimum Gasteiger partial charge on any atom is -0.496 e. The van der Waals surface area contributed by atoms with Crippen molar-refractivity contribution in [1.82, 2.24) is 9.97 Å². The van der Waals surface area contributed by atoms with E-state index in [1.165, 1.54) is 0 Å². The Kier molecular flexibility index (Phi) is 3.94. The lowest BCUT2D eigenvalue weighted by Crippen LogP contribution is -1.98. The normalized spacial score (nSPS) is 10.3. The number of benzene rings is 1. The zero-order valence-electron chi connectivity index (χ0n) is 11.7. The molecule has 0 aliphatic heterocycles. The zero-order valence-corrected chi connectivity index (χ0v) is 11.7. The van der Waals surface area contributed by atoms with Gasteiger partial charge in [-0.3, -0.25) is 0 Å². The van der Waals surface area contributed by atoms with E-state index in [9.17, 15) is 0 Å². The minimum absolute atomic E-state index is 0.717. The highest BCUT2D eigenvalue weighted by Gasteiger charge is 2.10. The molecule has 0 saturated carbocycles. The first-order valence-corrected chi connectivity index (χ1v) is 6.11. The maximum absolute atomic E-state index is 5.43. The predicted molar refractivity (Wildman–Crippen MR) is 75.2 cm³/mol. The van der Waals surface area contributed by atoms with Crippen LogP contribution in [0.2, 0.25) is 0 Å². The van der Waals surface area contributed by atoms with Crippen LogP contribution in [0.3, 0.4) is 0 Å². The summed E-state index contributed by atoms with van der Waals surface area (Å²) in [4.78, 5) is 7.40. The molecule has 2 rings (SSSR count). The molecule has 1 heterocycles. The standard InChI is InChI=1S/C14H19N3O2/c1-9-5-13(19-4)10(7-12(9)18-3)6-11-8-16-14(15-2)17-11/h5,7-8H,6H2,1-4H3,(H2,15,16,17). The summed E-state index contributed by atoms with van der Waals surface area (Å²) in [6.07, 6.45) is 2.53. The fourth-order valence-electron chi connectivity index (χ4n) is 2.03. The Morgan fingerprint density at radius 3 is 2.53 bits per heavy atom. The Morgan fingerprint density at radius 1 is 1.21 bits per heavy atom. The van der Waals surface area contributed by atoms with E-state index in [4.69, 9.17) is 9.47 Å². The third-order valence-corrected chi connectivity index (χ3v) is 3.04. The number of aryl methyl sites for hydroxylation is 1. The van der Waals surface area contributed by atoms with E-state index in [0.717, 1.165) is 34.3 Å². The summed E-state index contributed by atoms with van der Waals surface area (Å²) < 4.78 is 10.8. The second-order valence-corrected chi connectivity index (χ2v) is 4.32. The van der Waals surface area contributed by atoms with E-state index in [1.54, 1.807) is 14.2 Å². The third kappa shape index (κ3) is 2.81. The first-order chi connectivity index (χ1) is 9.17. The highest BCUT2D eigenvalue weighted by Crippen LogP contribution is 2.29. The number of ether oxygens (including phenoxy) is 2. The maximum Gasteiger partial charge on any atom is 0.200 e. The van der Waals surface area contributed by atoms with Crippen LogP contribution in [0.25, 0.3) is 0 Å². The molecule has 5 heteroatoms. The molecule has 2 aromatic rings. The Labute approximate surface area is 113 Å². The Bertz CT molecular complexity index is 564. The van der Waals surface area contributed by atoms with Crippen molar-refractivity contribution < 1.29 is 9.47 Å². The predicted octanol–water partition coefficient (Wildman–Crippen LogP) is 2.37. The van der Waals surface area contributed by atoms with Crippen molar-refractivity contribution in [2.75, 3.05) is 26.6 Å². The summed E-state index contributed by atoms with van der Waals surface area (Å²) in [6.45, 7) is 2.00. The van der Waals surface area contributed by atoms with Crippen molar-refractivity contribution in [3.8, 4) is 11.5 Å². The quantitative estimate of drug-likeness (QED) is 0.867. The van der Waals surface area contributed by atoms with Gasteiger partial charge in [-0.25, -0.2) is 4.98 Å². The number of rotatable bonds is 5. The average molecular weight is 261 g/mol. The first-order valence-electron chi connectivity index (χ1n) is 6.11. The molecule has 2 N–H and O–H groups in total.